The zero-order valence-electron chi connectivity index (χ0n) is 14.5. The van der Waals surface area contributed by atoms with Gasteiger partial charge in [0.05, 0.1) is 24.9 Å². The second-order valence-electron chi connectivity index (χ2n) is 6.44. The molecule has 1 fully saturated rings. The minimum atomic E-state index is -0.646. The van der Waals surface area contributed by atoms with Gasteiger partial charge < -0.3 is 10.1 Å². The Balaban J connectivity index is 1.40. The monoisotopic (exact) mass is 360 g/mol. The molecule has 3 rings (SSSR count). The van der Waals surface area contributed by atoms with Gasteiger partial charge in [0.1, 0.15) is 11.6 Å². The summed E-state index contributed by atoms with van der Waals surface area (Å²) in [4.78, 5) is 14.1. The van der Waals surface area contributed by atoms with Crippen LogP contribution in [0.3, 0.4) is 0 Å². The van der Waals surface area contributed by atoms with Crippen molar-refractivity contribution in [2.24, 2.45) is 0 Å². The highest BCUT2D eigenvalue weighted by Crippen LogP contribution is 2.17. The summed E-state index contributed by atoms with van der Waals surface area (Å²) < 4.78 is 32.7. The quantitative estimate of drug-likeness (QED) is 0.856. The maximum absolute atomic E-state index is 13.6. The standard InChI is InChI=1S/C20H22F2N2O2/c21-16-6-7-18(22)19(12-16)23-20(25)13-24-10-8-17(9-11-24)26-14-15-4-2-1-3-5-15/h1-7,12,17H,8-11,13-14H2,(H,23,25). The molecule has 138 valence electrons. The Morgan fingerprint density at radius 1 is 1.12 bits per heavy atom. The molecule has 2 aromatic rings. The molecule has 1 N–H and O–H groups in total. The number of ether oxygens (including phenoxy) is 1. The molecule has 1 aliphatic heterocycles. The zero-order chi connectivity index (χ0) is 18.4. The Kier molecular flexibility index (Phi) is 6.30. The number of carbonyl (C=O) groups excluding carboxylic acids is 1. The number of benzene rings is 2. The molecule has 0 saturated carbocycles. The molecule has 0 atom stereocenters. The fourth-order valence-corrected chi connectivity index (χ4v) is 3.01. The molecule has 6 heteroatoms. The summed E-state index contributed by atoms with van der Waals surface area (Å²) in [5, 5.41) is 2.43. The summed E-state index contributed by atoms with van der Waals surface area (Å²) in [7, 11) is 0. The van der Waals surface area contributed by atoms with Crippen LogP contribution in [0.4, 0.5) is 14.5 Å². The number of rotatable bonds is 6. The van der Waals surface area contributed by atoms with Gasteiger partial charge in [-0.15, -0.1) is 0 Å². The predicted octanol–water partition coefficient (Wildman–Crippen LogP) is 3.58. The van der Waals surface area contributed by atoms with Crippen LogP contribution in [-0.2, 0) is 16.1 Å². The second kappa shape index (κ2) is 8.87. The largest absolute Gasteiger partial charge is 0.373 e. The van der Waals surface area contributed by atoms with Gasteiger partial charge in [-0.25, -0.2) is 8.78 Å². The molecule has 26 heavy (non-hydrogen) atoms. The van der Waals surface area contributed by atoms with E-state index in [1.54, 1.807) is 0 Å². The van der Waals surface area contributed by atoms with Crippen LogP contribution >= 0.6 is 0 Å². The van der Waals surface area contributed by atoms with Crippen molar-refractivity contribution in [2.75, 3.05) is 25.0 Å². The number of carbonyl (C=O) groups is 1. The molecular formula is C20H22F2N2O2. The molecule has 2 aromatic carbocycles. The van der Waals surface area contributed by atoms with Gasteiger partial charge in [-0.1, -0.05) is 30.3 Å². The lowest BCUT2D eigenvalue weighted by atomic mass is 10.1. The first-order chi connectivity index (χ1) is 12.6. The van der Waals surface area contributed by atoms with Crippen LogP contribution in [0.25, 0.3) is 0 Å². The van der Waals surface area contributed by atoms with Crippen molar-refractivity contribution >= 4 is 11.6 Å². The molecule has 0 aromatic heterocycles. The maximum atomic E-state index is 13.6. The van der Waals surface area contributed by atoms with Crippen LogP contribution in [0, 0.1) is 11.6 Å². The highest BCUT2D eigenvalue weighted by atomic mass is 19.1. The summed E-state index contributed by atoms with van der Waals surface area (Å²) in [6.45, 7) is 2.21. The molecule has 1 saturated heterocycles. The third-order valence-corrected chi connectivity index (χ3v) is 4.43. The molecule has 1 aliphatic rings. The average molecular weight is 360 g/mol. The van der Waals surface area contributed by atoms with Gasteiger partial charge >= 0.3 is 0 Å². The first-order valence-electron chi connectivity index (χ1n) is 8.73. The van der Waals surface area contributed by atoms with E-state index in [9.17, 15) is 13.6 Å². The van der Waals surface area contributed by atoms with E-state index in [1.807, 2.05) is 35.2 Å². The second-order valence-corrected chi connectivity index (χ2v) is 6.44. The number of hydrogen-bond donors (Lipinski definition) is 1. The number of likely N-dealkylation sites (tertiary alicyclic amines) is 1. The molecule has 4 nitrogen and oxygen atoms in total. The molecule has 1 amide bonds. The topological polar surface area (TPSA) is 41.6 Å². The molecule has 1 heterocycles. The van der Waals surface area contributed by atoms with E-state index < -0.39 is 11.6 Å². The summed E-state index contributed by atoms with van der Waals surface area (Å²) in [6, 6.07) is 13.0. The molecule has 0 bridgehead atoms. The first kappa shape index (κ1) is 18.5. The van der Waals surface area contributed by atoms with Crippen LogP contribution in [0.1, 0.15) is 18.4 Å². The van der Waals surface area contributed by atoms with E-state index in [-0.39, 0.29) is 24.2 Å². The van der Waals surface area contributed by atoms with Crippen molar-refractivity contribution in [3.05, 3.63) is 65.7 Å². The van der Waals surface area contributed by atoms with Crippen LogP contribution in [0.2, 0.25) is 0 Å². The highest BCUT2D eigenvalue weighted by Gasteiger charge is 2.21. The van der Waals surface area contributed by atoms with Gasteiger partial charge in [0.2, 0.25) is 5.91 Å². The Morgan fingerprint density at radius 2 is 1.85 bits per heavy atom. The number of piperidine rings is 1. The average Bonchev–Trinajstić information content (AvgIpc) is 2.65. The molecular weight excluding hydrogens is 338 g/mol. The van der Waals surface area contributed by atoms with Gasteiger partial charge in [-0.3, -0.25) is 9.69 Å². The first-order valence-corrected chi connectivity index (χ1v) is 8.73. The van der Waals surface area contributed by atoms with E-state index in [0.717, 1.165) is 49.7 Å². The summed E-state index contributed by atoms with van der Waals surface area (Å²) in [5.41, 5.74) is 1.02. The van der Waals surface area contributed by atoms with E-state index in [2.05, 4.69) is 5.32 Å². The van der Waals surface area contributed by atoms with Gasteiger partial charge in [-0.05, 0) is 30.5 Å². The summed E-state index contributed by atoms with van der Waals surface area (Å²) in [6.07, 6.45) is 1.86. The van der Waals surface area contributed by atoms with Crippen molar-refractivity contribution in [2.45, 2.75) is 25.6 Å². The van der Waals surface area contributed by atoms with Gasteiger partial charge in [0, 0.05) is 19.2 Å². The number of halogens is 2. The van der Waals surface area contributed by atoms with Crippen LogP contribution in [0.15, 0.2) is 48.5 Å². The summed E-state index contributed by atoms with van der Waals surface area (Å²) in [5.74, 6) is -1.58. The molecule has 0 radical (unpaired) electrons. The highest BCUT2D eigenvalue weighted by molar-refractivity contribution is 5.92. The Hall–Kier alpha value is -2.31. The lowest BCUT2D eigenvalue weighted by Gasteiger charge is -2.31. The van der Waals surface area contributed by atoms with Crippen molar-refractivity contribution in [3.63, 3.8) is 0 Å². The normalized spacial score (nSPS) is 15.8. The number of nitrogens with zero attached hydrogens (tertiary/aromatic N) is 1. The van der Waals surface area contributed by atoms with Crippen LogP contribution < -0.4 is 5.32 Å². The van der Waals surface area contributed by atoms with E-state index in [0.29, 0.717) is 6.61 Å². The third-order valence-electron chi connectivity index (χ3n) is 4.43. The zero-order valence-corrected chi connectivity index (χ0v) is 14.5. The minimum absolute atomic E-state index is 0.129. The number of hydrogen-bond acceptors (Lipinski definition) is 3. The lowest BCUT2D eigenvalue weighted by molar-refractivity contribution is -0.118. The maximum Gasteiger partial charge on any atom is 0.238 e. The SMILES string of the molecule is O=C(CN1CCC(OCc2ccccc2)CC1)Nc1cc(F)ccc1F. The van der Waals surface area contributed by atoms with E-state index >= 15 is 0 Å². The van der Waals surface area contributed by atoms with Crippen molar-refractivity contribution in [3.8, 4) is 0 Å². The predicted molar refractivity (Wildman–Crippen MR) is 95.7 cm³/mol. The Bertz CT molecular complexity index is 732. The fourth-order valence-electron chi connectivity index (χ4n) is 3.01. The van der Waals surface area contributed by atoms with Gasteiger partial charge in [0.15, 0.2) is 0 Å². The van der Waals surface area contributed by atoms with Gasteiger partial charge in [0.25, 0.3) is 0 Å². The van der Waals surface area contributed by atoms with Crippen molar-refractivity contribution in [1.29, 1.82) is 0 Å². The lowest BCUT2D eigenvalue weighted by Crippen LogP contribution is -2.41. The number of amides is 1. The Morgan fingerprint density at radius 3 is 2.58 bits per heavy atom. The summed E-state index contributed by atoms with van der Waals surface area (Å²) >= 11 is 0. The van der Waals surface area contributed by atoms with E-state index in [1.165, 1.54) is 0 Å². The number of anilines is 1. The number of nitrogens with one attached hydrogen (secondary N) is 1. The van der Waals surface area contributed by atoms with E-state index in [4.69, 9.17) is 4.74 Å². The van der Waals surface area contributed by atoms with Gasteiger partial charge in [-0.2, -0.15) is 0 Å². The molecule has 0 aliphatic carbocycles. The minimum Gasteiger partial charge on any atom is -0.373 e. The molecule has 0 unspecified atom stereocenters. The smallest absolute Gasteiger partial charge is 0.238 e. The third kappa shape index (κ3) is 5.34. The Labute approximate surface area is 151 Å². The fraction of sp³-hybridized carbons (Fsp3) is 0.350. The van der Waals surface area contributed by atoms with Crippen molar-refractivity contribution in [1.82, 2.24) is 4.90 Å². The van der Waals surface area contributed by atoms with Crippen LogP contribution in [-0.4, -0.2) is 36.5 Å². The van der Waals surface area contributed by atoms with Crippen molar-refractivity contribution < 1.29 is 18.3 Å². The molecule has 0 spiro atoms. The van der Waals surface area contributed by atoms with Crippen LogP contribution in [0.5, 0.6) is 0 Å².